The van der Waals surface area contributed by atoms with E-state index in [1.54, 1.807) is 4.90 Å². The number of aliphatic carboxylic acids is 1. The van der Waals surface area contributed by atoms with Crippen molar-refractivity contribution in [1.29, 1.82) is 0 Å². The third kappa shape index (κ3) is 4.42. The Morgan fingerprint density at radius 1 is 1.03 bits per heavy atom. The lowest BCUT2D eigenvalue weighted by molar-refractivity contribution is -0.306. The second kappa shape index (κ2) is 7.86. The Balaban J connectivity index is 1.53. The molecule has 1 amide bonds. The highest BCUT2D eigenvalue weighted by atomic mass is 19.4. The van der Waals surface area contributed by atoms with Crippen molar-refractivity contribution in [3.63, 3.8) is 0 Å². The summed E-state index contributed by atoms with van der Waals surface area (Å²) in [6.07, 6.45) is -2.52. The van der Waals surface area contributed by atoms with Crippen LogP contribution in [0.2, 0.25) is 0 Å². The third-order valence-corrected chi connectivity index (χ3v) is 5.10. The SMILES string of the molecule is O=C([O-])Cn1cc(C(=O)N2CCc3ccc(-c4ccc(C(F)(F)F)cc4)cc3C2)nn1. The van der Waals surface area contributed by atoms with Crippen LogP contribution in [-0.4, -0.2) is 38.3 Å². The minimum absolute atomic E-state index is 0.0311. The lowest BCUT2D eigenvalue weighted by Crippen LogP contribution is -2.36. The largest absolute Gasteiger partial charge is 0.548 e. The Labute approximate surface area is 174 Å². The molecule has 1 aliphatic rings. The molecule has 7 nitrogen and oxygen atoms in total. The number of amides is 1. The molecule has 0 fully saturated rings. The average Bonchev–Trinajstić information content (AvgIpc) is 3.19. The van der Waals surface area contributed by atoms with Crippen LogP contribution in [0.3, 0.4) is 0 Å². The molecule has 0 aliphatic carbocycles. The Kier molecular flexibility index (Phi) is 5.22. The summed E-state index contributed by atoms with van der Waals surface area (Å²) in [6.45, 7) is 0.258. The molecule has 0 saturated heterocycles. The zero-order valence-corrected chi connectivity index (χ0v) is 16.1. The van der Waals surface area contributed by atoms with Crippen molar-refractivity contribution in [2.24, 2.45) is 0 Å². The van der Waals surface area contributed by atoms with Crippen LogP contribution in [0.5, 0.6) is 0 Å². The van der Waals surface area contributed by atoms with E-state index >= 15 is 0 Å². The van der Waals surface area contributed by atoms with E-state index in [0.717, 1.165) is 33.5 Å². The van der Waals surface area contributed by atoms with Gasteiger partial charge in [-0.05, 0) is 46.9 Å². The van der Waals surface area contributed by atoms with Gasteiger partial charge in [-0.3, -0.25) is 4.79 Å². The van der Waals surface area contributed by atoms with E-state index in [-0.39, 0.29) is 11.6 Å². The summed E-state index contributed by atoms with van der Waals surface area (Å²) in [4.78, 5) is 25.0. The zero-order valence-electron chi connectivity index (χ0n) is 16.1. The Morgan fingerprint density at radius 2 is 1.74 bits per heavy atom. The number of benzene rings is 2. The highest BCUT2D eigenvalue weighted by molar-refractivity contribution is 5.92. The Hall–Kier alpha value is -3.69. The fourth-order valence-corrected chi connectivity index (χ4v) is 3.53. The Bertz CT molecular complexity index is 1140. The molecule has 1 aliphatic heterocycles. The fourth-order valence-electron chi connectivity index (χ4n) is 3.53. The van der Waals surface area contributed by atoms with Crippen molar-refractivity contribution in [2.45, 2.75) is 25.7 Å². The van der Waals surface area contributed by atoms with Crippen LogP contribution >= 0.6 is 0 Å². The van der Waals surface area contributed by atoms with Gasteiger partial charge >= 0.3 is 6.18 Å². The van der Waals surface area contributed by atoms with Crippen molar-refractivity contribution < 1.29 is 27.9 Å². The van der Waals surface area contributed by atoms with E-state index < -0.39 is 24.3 Å². The molecular weight excluding hydrogens is 413 g/mol. The number of alkyl halides is 3. The summed E-state index contributed by atoms with van der Waals surface area (Å²) in [5.74, 6) is -1.72. The van der Waals surface area contributed by atoms with Gasteiger partial charge in [0.05, 0.1) is 24.3 Å². The number of rotatable bonds is 4. The topological polar surface area (TPSA) is 91.1 Å². The smallest absolute Gasteiger partial charge is 0.416 e. The standard InChI is InChI=1S/C21H17F3N4O3/c22-21(23,24)17-5-3-13(4-6-17)15-2-1-14-7-8-27(10-16(14)9-15)20(31)18-11-28(26-25-18)12-19(29)30/h1-6,9,11H,7-8,10,12H2,(H,29,30)/p-1. The highest BCUT2D eigenvalue weighted by Gasteiger charge is 2.30. The molecular formula is C21H16F3N4O3-. The van der Waals surface area contributed by atoms with Gasteiger partial charge in [0.2, 0.25) is 0 Å². The molecule has 0 radical (unpaired) electrons. The van der Waals surface area contributed by atoms with Gasteiger partial charge in [-0.15, -0.1) is 5.10 Å². The summed E-state index contributed by atoms with van der Waals surface area (Å²) in [5.41, 5.74) is 2.66. The predicted molar refractivity (Wildman–Crippen MR) is 100 cm³/mol. The molecule has 3 aromatic rings. The molecule has 0 atom stereocenters. The normalized spacial score (nSPS) is 13.7. The highest BCUT2D eigenvalue weighted by Crippen LogP contribution is 2.32. The second-order valence-electron chi connectivity index (χ2n) is 7.21. The zero-order chi connectivity index (χ0) is 22.2. The number of carboxylic acid groups (broad SMARTS) is 1. The summed E-state index contributed by atoms with van der Waals surface area (Å²) < 4.78 is 39.4. The van der Waals surface area contributed by atoms with Gasteiger partial charge in [-0.1, -0.05) is 29.5 Å². The molecule has 2 heterocycles. The molecule has 4 rings (SSSR count). The Morgan fingerprint density at radius 3 is 2.42 bits per heavy atom. The lowest BCUT2D eigenvalue weighted by atomic mass is 9.94. The number of halogens is 3. The predicted octanol–water partition coefficient (Wildman–Crippen LogP) is 1.91. The minimum atomic E-state index is -4.39. The van der Waals surface area contributed by atoms with Crippen LogP contribution in [0, 0.1) is 0 Å². The van der Waals surface area contributed by atoms with Gasteiger partial charge in [0.15, 0.2) is 5.69 Å². The van der Waals surface area contributed by atoms with Gasteiger partial charge in [-0.25, -0.2) is 4.68 Å². The van der Waals surface area contributed by atoms with E-state index in [2.05, 4.69) is 10.3 Å². The maximum Gasteiger partial charge on any atom is 0.416 e. The summed E-state index contributed by atoms with van der Waals surface area (Å²) in [7, 11) is 0. The average molecular weight is 429 g/mol. The van der Waals surface area contributed by atoms with Gasteiger partial charge < -0.3 is 14.8 Å². The summed E-state index contributed by atoms with van der Waals surface area (Å²) in [6, 6.07) is 10.6. The number of carbonyl (C=O) groups excluding carboxylic acids is 2. The molecule has 1 aromatic heterocycles. The van der Waals surface area contributed by atoms with E-state index in [1.807, 2.05) is 18.2 Å². The number of nitrogens with zero attached hydrogens (tertiary/aromatic N) is 4. The maximum absolute atomic E-state index is 12.8. The van der Waals surface area contributed by atoms with E-state index in [1.165, 1.54) is 18.3 Å². The number of hydrogen-bond acceptors (Lipinski definition) is 5. The molecule has 31 heavy (non-hydrogen) atoms. The number of carboxylic acids is 1. The number of aromatic nitrogens is 3. The molecule has 0 spiro atoms. The quantitative estimate of drug-likeness (QED) is 0.632. The van der Waals surface area contributed by atoms with Gasteiger partial charge in [0, 0.05) is 13.1 Å². The van der Waals surface area contributed by atoms with Gasteiger partial charge in [0.1, 0.15) is 0 Å². The van der Waals surface area contributed by atoms with E-state index in [0.29, 0.717) is 25.1 Å². The maximum atomic E-state index is 12.8. The molecule has 160 valence electrons. The van der Waals surface area contributed by atoms with E-state index in [9.17, 15) is 27.9 Å². The molecule has 0 unspecified atom stereocenters. The first kappa shape index (κ1) is 20.6. The molecule has 10 heteroatoms. The van der Waals surface area contributed by atoms with E-state index in [4.69, 9.17) is 0 Å². The first-order chi connectivity index (χ1) is 14.7. The second-order valence-corrected chi connectivity index (χ2v) is 7.21. The lowest BCUT2D eigenvalue weighted by Gasteiger charge is -2.28. The minimum Gasteiger partial charge on any atom is -0.548 e. The molecule has 2 aromatic carbocycles. The van der Waals surface area contributed by atoms with Crippen molar-refractivity contribution in [3.8, 4) is 11.1 Å². The van der Waals surface area contributed by atoms with Gasteiger partial charge in [0.25, 0.3) is 5.91 Å². The number of hydrogen-bond donors (Lipinski definition) is 0. The first-order valence-electron chi connectivity index (χ1n) is 9.39. The summed E-state index contributed by atoms with van der Waals surface area (Å²) >= 11 is 0. The first-order valence-corrected chi connectivity index (χ1v) is 9.39. The van der Waals surface area contributed by atoms with Crippen molar-refractivity contribution in [2.75, 3.05) is 6.54 Å². The van der Waals surface area contributed by atoms with Crippen LogP contribution < -0.4 is 5.11 Å². The number of fused-ring (bicyclic) bond motifs is 1. The molecule has 0 bridgehead atoms. The van der Waals surface area contributed by atoms with Crippen LogP contribution in [-0.2, 0) is 30.5 Å². The third-order valence-electron chi connectivity index (χ3n) is 5.10. The van der Waals surface area contributed by atoms with Crippen LogP contribution in [0.25, 0.3) is 11.1 Å². The van der Waals surface area contributed by atoms with Crippen LogP contribution in [0.1, 0.15) is 27.2 Å². The van der Waals surface area contributed by atoms with Crippen molar-refractivity contribution in [3.05, 3.63) is 71.0 Å². The van der Waals surface area contributed by atoms with Crippen LogP contribution in [0.4, 0.5) is 13.2 Å². The molecule has 0 saturated carbocycles. The number of carbonyl (C=O) groups is 2. The monoisotopic (exact) mass is 429 g/mol. The summed E-state index contributed by atoms with van der Waals surface area (Å²) in [5, 5.41) is 18.0. The molecule has 0 N–H and O–H groups in total. The van der Waals surface area contributed by atoms with Gasteiger partial charge in [-0.2, -0.15) is 13.2 Å². The van der Waals surface area contributed by atoms with Crippen molar-refractivity contribution >= 4 is 11.9 Å². The van der Waals surface area contributed by atoms with Crippen molar-refractivity contribution in [1.82, 2.24) is 19.9 Å². The van der Waals surface area contributed by atoms with Crippen LogP contribution in [0.15, 0.2) is 48.7 Å². The fraction of sp³-hybridized carbons (Fsp3) is 0.238.